The molecule has 2 unspecified atom stereocenters. The third-order valence-electron chi connectivity index (χ3n) is 8.15. The molecule has 3 atom stereocenters. The molecule has 41 heavy (non-hydrogen) atoms. The number of hydrogen-bond donors (Lipinski definition) is 0. The molecular weight excluding hydrogens is 602 g/mol. The number of nitrogens with zero attached hydrogens (tertiary/aromatic N) is 3. The lowest BCUT2D eigenvalue weighted by atomic mass is 9.85. The van der Waals surface area contributed by atoms with Crippen molar-refractivity contribution in [1.29, 1.82) is 0 Å². The predicted molar refractivity (Wildman–Crippen MR) is 153 cm³/mol. The summed E-state index contributed by atoms with van der Waals surface area (Å²) in [5.74, 6) is -3.53. The molecule has 0 bridgehead atoms. The number of halogens is 5. The molecule has 4 rings (SSSR count). The van der Waals surface area contributed by atoms with E-state index in [-0.39, 0.29) is 23.9 Å². The van der Waals surface area contributed by atoms with Gasteiger partial charge in [0.1, 0.15) is 11.9 Å². The number of carbonyl (C=O) groups is 1. The Balaban J connectivity index is 1.50. The highest BCUT2D eigenvalue weighted by Crippen LogP contribution is 2.39. The largest absolute Gasteiger partial charge is 0.490 e. The Labute approximate surface area is 249 Å². The number of piperidine rings is 1. The summed E-state index contributed by atoms with van der Waals surface area (Å²) >= 11 is 12.5. The van der Waals surface area contributed by atoms with Crippen LogP contribution in [0.5, 0.6) is 5.75 Å². The SMILES string of the molecule is C[C@@H](Oc1ccc(C(F)(F)CF)cc1)C1CN(C(=O)N2CCC(N(C)S(C)(=O)=O)CC2)CC1c1ccc(Cl)c(Cl)c1. The van der Waals surface area contributed by atoms with Gasteiger partial charge in [0.2, 0.25) is 10.0 Å². The molecule has 0 saturated carbocycles. The zero-order valence-electron chi connectivity index (χ0n) is 23.1. The van der Waals surface area contributed by atoms with Crippen molar-refractivity contribution in [1.82, 2.24) is 14.1 Å². The number of rotatable bonds is 8. The second-order valence-electron chi connectivity index (χ2n) is 10.8. The molecule has 2 amide bonds. The molecule has 0 aromatic heterocycles. The molecule has 2 aromatic carbocycles. The fraction of sp³-hybridized carbons (Fsp3) is 0.536. The van der Waals surface area contributed by atoms with Gasteiger partial charge in [-0.1, -0.05) is 29.3 Å². The van der Waals surface area contributed by atoms with Crippen molar-refractivity contribution in [2.75, 3.05) is 46.2 Å². The average molecular weight is 637 g/mol. The number of amides is 2. The van der Waals surface area contributed by atoms with Crippen molar-refractivity contribution in [2.24, 2.45) is 5.92 Å². The number of alkyl halides is 3. The zero-order valence-corrected chi connectivity index (χ0v) is 25.4. The fourth-order valence-corrected chi connectivity index (χ4v) is 6.66. The fourth-order valence-electron chi connectivity index (χ4n) is 5.60. The van der Waals surface area contributed by atoms with Crippen molar-refractivity contribution in [3.63, 3.8) is 0 Å². The Morgan fingerprint density at radius 3 is 2.27 bits per heavy atom. The molecule has 2 heterocycles. The van der Waals surface area contributed by atoms with Gasteiger partial charge in [0, 0.05) is 56.7 Å². The summed E-state index contributed by atoms with van der Waals surface area (Å²) in [5, 5.41) is 0.803. The first-order valence-corrected chi connectivity index (χ1v) is 15.9. The van der Waals surface area contributed by atoms with Crippen LogP contribution in [0, 0.1) is 5.92 Å². The van der Waals surface area contributed by atoms with E-state index in [2.05, 4.69) is 0 Å². The molecule has 2 fully saturated rings. The van der Waals surface area contributed by atoms with Crippen LogP contribution in [-0.4, -0.2) is 86.9 Å². The van der Waals surface area contributed by atoms with Crippen LogP contribution in [0.2, 0.25) is 10.0 Å². The van der Waals surface area contributed by atoms with Crippen LogP contribution in [0.4, 0.5) is 18.0 Å². The molecule has 2 aliphatic heterocycles. The monoisotopic (exact) mass is 635 g/mol. The molecule has 0 radical (unpaired) electrons. The normalized spacial score (nSPS) is 21.4. The highest BCUT2D eigenvalue weighted by Gasteiger charge is 2.42. The van der Waals surface area contributed by atoms with Crippen LogP contribution in [-0.2, 0) is 15.9 Å². The lowest BCUT2D eigenvalue weighted by Crippen LogP contribution is -2.50. The van der Waals surface area contributed by atoms with Crippen LogP contribution >= 0.6 is 23.2 Å². The van der Waals surface area contributed by atoms with Gasteiger partial charge in [0.25, 0.3) is 0 Å². The van der Waals surface area contributed by atoms with E-state index >= 15 is 0 Å². The standard InChI is InChI=1S/C28H34Cl2F3N3O4S/c1-18(40-22-7-5-20(6-8-22)28(32,33)17-31)23-15-36(16-24(23)19-4-9-25(29)26(30)14-19)27(37)35-12-10-21(11-13-35)34(2)41(3,38)39/h4-9,14,18,21,23-24H,10-13,15-17H2,1-3H3/t18-,23?,24?/m1/s1. The average Bonchev–Trinajstić information content (AvgIpc) is 3.39. The summed E-state index contributed by atoms with van der Waals surface area (Å²) < 4.78 is 71.5. The van der Waals surface area contributed by atoms with Gasteiger partial charge in [-0.3, -0.25) is 0 Å². The number of likely N-dealkylation sites (tertiary alicyclic amines) is 2. The number of carbonyl (C=O) groups excluding carboxylic acids is 1. The smallest absolute Gasteiger partial charge is 0.320 e. The minimum Gasteiger partial charge on any atom is -0.490 e. The van der Waals surface area contributed by atoms with Gasteiger partial charge in [0.15, 0.2) is 6.67 Å². The van der Waals surface area contributed by atoms with Gasteiger partial charge in [-0.2, -0.15) is 8.78 Å². The molecular formula is C28H34Cl2F3N3O4S. The quantitative estimate of drug-likeness (QED) is 0.356. The molecule has 0 aliphatic carbocycles. The minimum absolute atomic E-state index is 0.136. The zero-order chi connectivity index (χ0) is 30.1. The predicted octanol–water partition coefficient (Wildman–Crippen LogP) is 6.01. The van der Waals surface area contributed by atoms with E-state index in [9.17, 15) is 26.4 Å². The van der Waals surface area contributed by atoms with Crippen molar-refractivity contribution in [3.05, 3.63) is 63.6 Å². The third kappa shape index (κ3) is 7.24. The van der Waals surface area contributed by atoms with E-state index in [1.165, 1.54) is 22.7 Å². The van der Waals surface area contributed by atoms with E-state index in [1.807, 2.05) is 13.0 Å². The lowest BCUT2D eigenvalue weighted by molar-refractivity contribution is -0.0281. The van der Waals surface area contributed by atoms with E-state index in [4.69, 9.17) is 27.9 Å². The molecule has 7 nitrogen and oxygen atoms in total. The minimum atomic E-state index is -3.57. The first kappa shape index (κ1) is 31.7. The summed E-state index contributed by atoms with van der Waals surface area (Å²) in [5.41, 5.74) is 0.458. The molecule has 13 heteroatoms. The summed E-state index contributed by atoms with van der Waals surface area (Å²) in [7, 11) is -1.76. The molecule has 2 aromatic rings. The second-order valence-corrected chi connectivity index (χ2v) is 13.7. The second kappa shape index (κ2) is 12.6. The molecule has 2 aliphatic rings. The topological polar surface area (TPSA) is 70.2 Å². The molecule has 0 N–H and O–H groups in total. The van der Waals surface area contributed by atoms with E-state index in [0.29, 0.717) is 54.8 Å². The molecule has 226 valence electrons. The van der Waals surface area contributed by atoms with Crippen molar-refractivity contribution in [3.8, 4) is 5.75 Å². The highest BCUT2D eigenvalue weighted by atomic mass is 35.5. The van der Waals surface area contributed by atoms with Crippen LogP contribution in [0.25, 0.3) is 0 Å². The van der Waals surface area contributed by atoms with Gasteiger partial charge >= 0.3 is 12.0 Å². The maximum absolute atomic E-state index is 13.7. The maximum atomic E-state index is 13.7. The summed E-state index contributed by atoms with van der Waals surface area (Å²) in [4.78, 5) is 17.1. The van der Waals surface area contributed by atoms with Gasteiger partial charge in [-0.25, -0.2) is 21.9 Å². The Morgan fingerprint density at radius 2 is 1.71 bits per heavy atom. The van der Waals surface area contributed by atoms with Crippen LogP contribution in [0.3, 0.4) is 0 Å². The maximum Gasteiger partial charge on any atom is 0.320 e. The molecule has 2 saturated heterocycles. The van der Waals surface area contributed by atoms with E-state index < -0.39 is 34.3 Å². The van der Waals surface area contributed by atoms with Gasteiger partial charge in [-0.05, 0) is 61.7 Å². The number of urea groups is 1. The van der Waals surface area contributed by atoms with Gasteiger partial charge in [-0.15, -0.1) is 0 Å². The van der Waals surface area contributed by atoms with Crippen molar-refractivity contribution >= 4 is 39.3 Å². The van der Waals surface area contributed by atoms with E-state index in [0.717, 1.165) is 17.7 Å². The Morgan fingerprint density at radius 1 is 1.07 bits per heavy atom. The first-order chi connectivity index (χ1) is 19.2. The first-order valence-electron chi connectivity index (χ1n) is 13.3. The Kier molecular flexibility index (Phi) is 9.72. The van der Waals surface area contributed by atoms with Gasteiger partial charge in [0.05, 0.1) is 16.3 Å². The van der Waals surface area contributed by atoms with E-state index in [1.54, 1.807) is 29.0 Å². The number of benzene rings is 2. The van der Waals surface area contributed by atoms with Crippen molar-refractivity contribution in [2.45, 2.75) is 43.8 Å². The van der Waals surface area contributed by atoms with Crippen molar-refractivity contribution < 1.29 is 31.1 Å². The number of sulfonamides is 1. The Bertz CT molecular complexity index is 1340. The van der Waals surface area contributed by atoms with Crippen LogP contribution in [0.1, 0.15) is 36.8 Å². The van der Waals surface area contributed by atoms with Gasteiger partial charge < -0.3 is 14.5 Å². The third-order valence-corrected chi connectivity index (χ3v) is 10.2. The Hall–Kier alpha value is -2.21. The van der Waals surface area contributed by atoms with Crippen LogP contribution in [0.15, 0.2) is 42.5 Å². The number of ether oxygens (including phenoxy) is 1. The summed E-state index contributed by atoms with van der Waals surface area (Å²) in [6.45, 7) is 1.73. The number of hydrogen-bond acceptors (Lipinski definition) is 4. The highest BCUT2D eigenvalue weighted by molar-refractivity contribution is 7.88. The summed E-state index contributed by atoms with van der Waals surface area (Å²) in [6, 6.07) is 10.1. The van der Waals surface area contributed by atoms with Crippen LogP contribution < -0.4 is 4.74 Å². The molecule has 0 spiro atoms. The summed E-state index contributed by atoms with van der Waals surface area (Å²) in [6.07, 6.45) is 1.84. The lowest BCUT2D eigenvalue weighted by Gasteiger charge is -2.37.